The lowest BCUT2D eigenvalue weighted by Crippen LogP contribution is -2.57. The molecule has 0 saturated heterocycles. The average molecular weight is 541 g/mol. The fourth-order valence-corrected chi connectivity index (χ4v) is 6.00. The van der Waals surface area contributed by atoms with Crippen LogP contribution in [0, 0.1) is 17.7 Å². The van der Waals surface area contributed by atoms with Crippen LogP contribution in [0.4, 0.5) is 18.9 Å². The van der Waals surface area contributed by atoms with E-state index in [9.17, 15) is 24.2 Å². The highest BCUT2D eigenvalue weighted by atomic mass is 35.5. The molecule has 2 amide bonds. The topological polar surface area (TPSA) is 116 Å². The predicted octanol–water partition coefficient (Wildman–Crippen LogP) is 3.38. The van der Waals surface area contributed by atoms with E-state index in [4.69, 9.17) is 11.6 Å². The summed E-state index contributed by atoms with van der Waals surface area (Å²) in [6.07, 6.45) is 2.76. The summed E-state index contributed by atoms with van der Waals surface area (Å²) < 4.78 is 45.1. The van der Waals surface area contributed by atoms with Crippen molar-refractivity contribution in [1.29, 1.82) is 0 Å². The molecular weight excluding hydrogens is 513 g/mol. The fourth-order valence-electron chi connectivity index (χ4n) is 5.82. The highest BCUT2D eigenvalue weighted by Crippen LogP contribution is 2.57. The number of anilines is 1. The Morgan fingerprint density at radius 3 is 2.46 bits per heavy atom. The smallest absolute Gasteiger partial charge is 0.352 e. The Labute approximate surface area is 216 Å². The maximum atomic E-state index is 15.0. The van der Waals surface area contributed by atoms with Crippen molar-refractivity contribution in [1.82, 2.24) is 14.9 Å². The maximum absolute atomic E-state index is 15.0. The molecule has 2 unspecified atom stereocenters. The number of hydrogen-bond acceptors (Lipinski definition) is 5. The molecule has 3 fully saturated rings. The van der Waals surface area contributed by atoms with Crippen LogP contribution in [0.2, 0.25) is 5.02 Å². The van der Waals surface area contributed by atoms with Crippen molar-refractivity contribution >= 4 is 29.1 Å². The maximum Gasteiger partial charge on any atom is 0.352 e. The Kier molecular flexibility index (Phi) is 6.32. The van der Waals surface area contributed by atoms with Gasteiger partial charge in [-0.3, -0.25) is 9.59 Å². The summed E-state index contributed by atoms with van der Waals surface area (Å²) in [7, 11) is 1.66. The van der Waals surface area contributed by atoms with Crippen molar-refractivity contribution in [3.63, 3.8) is 0 Å². The lowest BCUT2D eigenvalue weighted by molar-refractivity contribution is -0.193. The highest BCUT2D eigenvalue weighted by molar-refractivity contribution is 6.31. The minimum atomic E-state index is -4.00. The molecule has 1 aromatic heterocycles. The molecule has 3 aliphatic carbocycles. The Bertz CT molecular complexity index is 1230. The lowest BCUT2D eigenvalue weighted by Gasteiger charge is -2.32. The van der Waals surface area contributed by atoms with Gasteiger partial charge in [-0.15, -0.1) is 0 Å². The molecule has 200 valence electrons. The van der Waals surface area contributed by atoms with Gasteiger partial charge in [0, 0.05) is 25.2 Å². The number of aliphatic hydroxyl groups is 2. The third kappa shape index (κ3) is 4.72. The SMILES string of the molecule is Cn1cnc(C2CC3CC(O)(C(F)(F)C(=O)NCC4(O)CC4)CC3C2)c1C(=O)Nc1ccc(F)c(Cl)c1. The standard InChI is InChI=1S/C25H28ClF3N4O4/c1-33-12-31-19(20(33)21(34)32-16-2-3-18(27)17(26)8-16)13-6-14-9-24(37,10-15(14)7-13)25(28,29)22(35)30-11-23(36)4-5-23/h2-3,8,12-15,36-37H,4-7,9-11H2,1H3,(H,30,35)(H,32,34). The van der Waals surface area contributed by atoms with Gasteiger partial charge in [0.2, 0.25) is 0 Å². The van der Waals surface area contributed by atoms with Crippen LogP contribution in [0.25, 0.3) is 0 Å². The molecule has 1 aromatic carbocycles. The van der Waals surface area contributed by atoms with E-state index >= 15 is 8.78 Å². The average Bonchev–Trinajstić information content (AvgIpc) is 3.12. The summed E-state index contributed by atoms with van der Waals surface area (Å²) in [5.74, 6) is -7.37. The molecule has 0 aliphatic heterocycles. The summed E-state index contributed by atoms with van der Waals surface area (Å²) in [4.78, 5) is 29.7. The van der Waals surface area contributed by atoms with E-state index in [2.05, 4.69) is 15.6 Å². The molecule has 3 saturated carbocycles. The van der Waals surface area contributed by atoms with Crippen LogP contribution in [-0.2, 0) is 11.8 Å². The zero-order valence-electron chi connectivity index (χ0n) is 20.1. The van der Waals surface area contributed by atoms with Gasteiger partial charge in [-0.05, 0) is 68.6 Å². The Hall–Kier alpha value is -2.63. The van der Waals surface area contributed by atoms with Crippen molar-refractivity contribution in [2.75, 3.05) is 11.9 Å². The third-order valence-corrected chi connectivity index (χ3v) is 8.35. The van der Waals surface area contributed by atoms with Gasteiger partial charge in [-0.1, -0.05) is 11.6 Å². The molecule has 5 rings (SSSR count). The van der Waals surface area contributed by atoms with Gasteiger partial charge in [0.1, 0.15) is 17.1 Å². The second-order valence-electron chi connectivity index (χ2n) is 10.8. The predicted molar refractivity (Wildman–Crippen MR) is 128 cm³/mol. The van der Waals surface area contributed by atoms with Crippen molar-refractivity contribution in [2.45, 2.75) is 61.6 Å². The molecule has 2 aromatic rings. The molecule has 37 heavy (non-hydrogen) atoms. The second kappa shape index (κ2) is 8.99. The van der Waals surface area contributed by atoms with Crippen LogP contribution in [0.1, 0.15) is 60.6 Å². The summed E-state index contributed by atoms with van der Waals surface area (Å²) in [5.41, 5.74) is -2.47. The van der Waals surface area contributed by atoms with Crippen molar-refractivity contribution < 1.29 is 33.0 Å². The number of rotatable bonds is 7. The lowest BCUT2D eigenvalue weighted by atomic mass is 9.87. The molecule has 1 heterocycles. The minimum absolute atomic E-state index is 0.131. The first-order valence-corrected chi connectivity index (χ1v) is 12.6. The van der Waals surface area contributed by atoms with E-state index in [0.29, 0.717) is 42.8 Å². The van der Waals surface area contributed by atoms with E-state index in [0.717, 1.165) is 6.07 Å². The van der Waals surface area contributed by atoms with E-state index in [-0.39, 0.29) is 42.2 Å². The largest absolute Gasteiger partial charge is 0.388 e. The van der Waals surface area contributed by atoms with Gasteiger partial charge < -0.3 is 25.4 Å². The Morgan fingerprint density at radius 2 is 1.86 bits per heavy atom. The molecule has 0 radical (unpaired) electrons. The van der Waals surface area contributed by atoms with Gasteiger partial charge in [0.05, 0.1) is 22.6 Å². The molecule has 2 atom stereocenters. The van der Waals surface area contributed by atoms with Crippen molar-refractivity contribution in [2.24, 2.45) is 18.9 Å². The molecular formula is C25H28ClF3N4O4. The first-order chi connectivity index (χ1) is 17.3. The van der Waals surface area contributed by atoms with Gasteiger partial charge >= 0.3 is 5.92 Å². The summed E-state index contributed by atoms with van der Waals surface area (Å²) in [6, 6.07) is 3.83. The zero-order valence-corrected chi connectivity index (χ0v) is 20.9. The molecule has 12 heteroatoms. The van der Waals surface area contributed by atoms with E-state index in [1.807, 2.05) is 0 Å². The number of hydrogen-bond donors (Lipinski definition) is 4. The Morgan fingerprint density at radius 1 is 1.22 bits per heavy atom. The van der Waals surface area contributed by atoms with Gasteiger partial charge in [-0.25, -0.2) is 9.37 Å². The van der Waals surface area contributed by atoms with Gasteiger partial charge in [-0.2, -0.15) is 8.78 Å². The molecule has 0 spiro atoms. The molecule has 3 aliphatic rings. The summed E-state index contributed by atoms with van der Waals surface area (Å²) >= 11 is 5.80. The quantitative estimate of drug-likeness (QED) is 0.430. The molecule has 0 bridgehead atoms. The summed E-state index contributed by atoms with van der Waals surface area (Å²) in [6.45, 7) is -0.263. The van der Waals surface area contributed by atoms with Gasteiger partial charge in [0.25, 0.3) is 11.8 Å². The number of amides is 2. The number of fused-ring (bicyclic) bond motifs is 1. The van der Waals surface area contributed by atoms with Crippen LogP contribution < -0.4 is 10.6 Å². The number of halogens is 4. The van der Waals surface area contributed by atoms with Crippen molar-refractivity contribution in [3.05, 3.63) is 46.8 Å². The van der Waals surface area contributed by atoms with E-state index in [1.54, 1.807) is 11.6 Å². The molecule has 8 nitrogen and oxygen atoms in total. The highest BCUT2D eigenvalue weighted by Gasteiger charge is 2.64. The first-order valence-electron chi connectivity index (χ1n) is 12.2. The number of nitrogens with one attached hydrogen (secondary N) is 2. The molecule has 4 N–H and O–H groups in total. The van der Waals surface area contributed by atoms with Crippen LogP contribution in [0.3, 0.4) is 0 Å². The van der Waals surface area contributed by atoms with Gasteiger partial charge in [0.15, 0.2) is 0 Å². The first kappa shape index (κ1) is 26.0. The second-order valence-corrected chi connectivity index (χ2v) is 11.2. The number of carbonyl (C=O) groups is 2. The number of benzene rings is 1. The van der Waals surface area contributed by atoms with Crippen LogP contribution in [-0.4, -0.2) is 55.2 Å². The third-order valence-electron chi connectivity index (χ3n) is 8.06. The summed E-state index contributed by atoms with van der Waals surface area (Å²) in [5, 5.41) is 25.3. The van der Waals surface area contributed by atoms with Crippen LogP contribution in [0.5, 0.6) is 0 Å². The minimum Gasteiger partial charge on any atom is -0.388 e. The fraction of sp³-hybridized carbons (Fsp3) is 0.560. The number of nitrogens with zero attached hydrogens (tertiary/aromatic N) is 2. The normalized spacial score (nSPS) is 28.1. The zero-order chi connectivity index (χ0) is 26.8. The number of aryl methyl sites for hydroxylation is 1. The van der Waals surface area contributed by atoms with E-state index < -0.39 is 34.8 Å². The van der Waals surface area contributed by atoms with Crippen LogP contribution >= 0.6 is 11.6 Å². The Balaban J connectivity index is 1.26. The number of carbonyl (C=O) groups excluding carboxylic acids is 2. The number of imidazole rings is 1. The van der Waals surface area contributed by atoms with Crippen molar-refractivity contribution in [3.8, 4) is 0 Å². The monoisotopic (exact) mass is 540 g/mol. The van der Waals surface area contributed by atoms with E-state index in [1.165, 1.54) is 18.5 Å². The number of aromatic nitrogens is 2. The number of alkyl halides is 2. The van der Waals surface area contributed by atoms with Crippen LogP contribution in [0.15, 0.2) is 24.5 Å².